The van der Waals surface area contributed by atoms with Crippen LogP contribution >= 0.6 is 32.7 Å². The van der Waals surface area contributed by atoms with Crippen LogP contribution in [0.25, 0.3) is 5.82 Å². The number of phenols is 1. The molecule has 0 fully saturated rings. The van der Waals surface area contributed by atoms with Crippen LogP contribution in [0.2, 0.25) is 0 Å². The molecule has 0 unspecified atom stereocenters. The molecule has 158 valence electrons. The summed E-state index contributed by atoms with van der Waals surface area (Å²) >= 11 is 3.19. The molecule has 1 amide bonds. The van der Waals surface area contributed by atoms with E-state index < -0.39 is 0 Å². The van der Waals surface area contributed by atoms with Gasteiger partial charge in [0.1, 0.15) is 0 Å². The van der Waals surface area contributed by atoms with Gasteiger partial charge in [-0.05, 0) is 0 Å². The van der Waals surface area contributed by atoms with E-state index in [0.29, 0.717) is 25.4 Å². The number of nitrogens with zero attached hydrogens (tertiary/aromatic N) is 2. The number of halogens is 3. The Bertz CT molecular complexity index is 930. The number of phenolic OH excluding ortho intramolecular Hbond substituents is 1. The van der Waals surface area contributed by atoms with Gasteiger partial charge in [-0.1, -0.05) is 6.92 Å². The Labute approximate surface area is 194 Å². The van der Waals surface area contributed by atoms with Crippen LogP contribution in [0.1, 0.15) is 18.9 Å². The Balaban J connectivity index is 1.70. The molecule has 0 aliphatic carbocycles. The zero-order chi connectivity index (χ0) is 20.6. The Morgan fingerprint density at radius 1 is 1.45 bits per heavy atom. The Kier molecular flexibility index (Phi) is 9.08. The number of nitrogens with two attached hydrogens (primary N) is 1. The SMILES string of the molecule is CCCOCC(=O)NCC[NH2+]C1=CC(c2ccccc2O)=I[I-]c2c(Br)cnn21. The molecule has 3 rings (SSSR count). The third-order valence-electron chi connectivity index (χ3n) is 3.93. The van der Waals surface area contributed by atoms with Crippen molar-refractivity contribution in [3.63, 3.8) is 0 Å². The van der Waals surface area contributed by atoms with Gasteiger partial charge < -0.3 is 0 Å². The molecule has 7 nitrogen and oxygen atoms in total. The molecule has 1 aromatic carbocycles. The predicted molar refractivity (Wildman–Crippen MR) is 120 cm³/mol. The molecule has 1 aromatic heterocycles. The molecule has 0 radical (unpaired) electrons. The van der Waals surface area contributed by atoms with Crippen LogP contribution in [0, 0.1) is 3.70 Å². The van der Waals surface area contributed by atoms with E-state index >= 15 is 0 Å². The van der Waals surface area contributed by atoms with Crippen LogP contribution in [0.3, 0.4) is 0 Å². The van der Waals surface area contributed by atoms with Gasteiger partial charge >= 0.3 is 189 Å². The normalized spacial score (nSPS) is 13.9. The fraction of sp³-hybridized carbons (Fsp3) is 0.316. The van der Waals surface area contributed by atoms with E-state index in [2.05, 4.69) is 37.7 Å². The van der Waals surface area contributed by atoms with Crippen LogP contribution in [0.5, 0.6) is 5.75 Å². The number of quaternary nitrogens is 1. The van der Waals surface area contributed by atoms with Crippen molar-refractivity contribution in [3.8, 4) is 5.75 Å². The maximum atomic E-state index is 11.8. The minimum atomic E-state index is -0.227. The molecule has 0 saturated carbocycles. The fourth-order valence-electron chi connectivity index (χ4n) is 2.57. The van der Waals surface area contributed by atoms with E-state index in [9.17, 15) is 9.90 Å². The minimum absolute atomic E-state index is 0.0950. The van der Waals surface area contributed by atoms with Crippen LogP contribution in [-0.2, 0) is 9.53 Å². The van der Waals surface area contributed by atoms with E-state index in [1.165, 1.54) is 7.21 Å². The average molecular weight is 689 g/mol. The number of carbonyl (C=O) groups is 1. The summed E-state index contributed by atoms with van der Waals surface area (Å²) in [5.74, 6) is 1.21. The number of para-hydroxylation sites is 1. The van der Waals surface area contributed by atoms with Crippen molar-refractivity contribution in [1.82, 2.24) is 15.1 Å². The van der Waals surface area contributed by atoms with E-state index in [4.69, 9.17) is 4.74 Å². The van der Waals surface area contributed by atoms with Crippen molar-refractivity contribution in [2.24, 2.45) is 0 Å². The second kappa shape index (κ2) is 11.5. The van der Waals surface area contributed by atoms with Crippen molar-refractivity contribution in [2.75, 3.05) is 26.3 Å². The number of benzene rings is 1. The third-order valence-corrected chi connectivity index (χ3v) is 15.1. The molecule has 0 bridgehead atoms. The molecule has 1 aliphatic heterocycles. The zero-order valence-electron chi connectivity index (χ0n) is 15.9. The predicted octanol–water partition coefficient (Wildman–Crippen LogP) is -1.37. The summed E-state index contributed by atoms with van der Waals surface area (Å²) in [6.07, 6.45) is 4.89. The van der Waals surface area contributed by atoms with Gasteiger partial charge in [-0.15, -0.1) is 0 Å². The number of allylic oxidation sites excluding steroid dienone is 1. The molecule has 2 aromatic rings. The molecular weight excluding hydrogens is 666 g/mol. The van der Waals surface area contributed by atoms with E-state index in [1.807, 2.05) is 36.0 Å². The van der Waals surface area contributed by atoms with Gasteiger partial charge in [0, 0.05) is 0 Å². The van der Waals surface area contributed by atoms with Gasteiger partial charge in [0.05, 0.1) is 0 Å². The summed E-state index contributed by atoms with van der Waals surface area (Å²) < 4.78 is 10.8. The Morgan fingerprint density at radius 2 is 2.28 bits per heavy atom. The number of hydrogen-bond acceptors (Lipinski definition) is 4. The van der Waals surface area contributed by atoms with Gasteiger partial charge in [0.2, 0.25) is 0 Å². The van der Waals surface area contributed by atoms with Crippen LogP contribution in [0.4, 0.5) is 0 Å². The molecule has 29 heavy (non-hydrogen) atoms. The molecule has 0 saturated heterocycles. The second-order valence-corrected chi connectivity index (χ2v) is 15.5. The van der Waals surface area contributed by atoms with Crippen molar-refractivity contribution in [2.45, 2.75) is 13.3 Å². The average Bonchev–Trinajstić information content (AvgIpc) is 2.97. The van der Waals surface area contributed by atoms with Crippen LogP contribution < -0.4 is 27.9 Å². The molecule has 2 heterocycles. The summed E-state index contributed by atoms with van der Waals surface area (Å²) in [7, 11) is 0. The van der Waals surface area contributed by atoms with Gasteiger partial charge in [-0.25, -0.2) is 0 Å². The Morgan fingerprint density at radius 3 is 3.07 bits per heavy atom. The number of carbonyl (C=O) groups excluding carboxylic acids is 1. The van der Waals surface area contributed by atoms with Crippen molar-refractivity contribution < 1.29 is 37.2 Å². The number of nitrogens with one attached hydrogen (secondary N) is 1. The monoisotopic (exact) mass is 688 g/mol. The fourth-order valence-corrected chi connectivity index (χ4v) is 15.3. The van der Waals surface area contributed by atoms with E-state index in [0.717, 1.165) is 22.3 Å². The summed E-state index contributed by atoms with van der Waals surface area (Å²) in [4.78, 5) is 11.8. The summed E-state index contributed by atoms with van der Waals surface area (Å²) in [6, 6.07) is 7.50. The summed E-state index contributed by atoms with van der Waals surface area (Å²) in [5, 5.41) is 19.8. The molecular formula is C19H23BrI2N4O3. The number of aromatic hydroxyl groups is 1. The van der Waals surface area contributed by atoms with Crippen molar-refractivity contribution in [3.05, 3.63) is 50.3 Å². The van der Waals surface area contributed by atoms with Gasteiger partial charge in [0.25, 0.3) is 0 Å². The molecule has 1 aliphatic rings. The van der Waals surface area contributed by atoms with Crippen molar-refractivity contribution >= 4 is 47.9 Å². The quantitative estimate of drug-likeness (QED) is 0.224. The van der Waals surface area contributed by atoms with Gasteiger partial charge in [0.15, 0.2) is 0 Å². The molecule has 0 atom stereocenters. The molecule has 0 spiro atoms. The van der Waals surface area contributed by atoms with Crippen LogP contribution in [0.15, 0.2) is 41.0 Å². The first-order valence-corrected chi connectivity index (χ1v) is 18.4. The summed E-state index contributed by atoms with van der Waals surface area (Å²) in [5.41, 5.74) is 0.911. The molecule has 10 heteroatoms. The van der Waals surface area contributed by atoms with Gasteiger partial charge in [-0.3, -0.25) is 0 Å². The first-order valence-electron chi connectivity index (χ1n) is 9.17. The third kappa shape index (κ3) is 6.32. The second-order valence-electron chi connectivity index (χ2n) is 6.17. The summed E-state index contributed by atoms with van der Waals surface area (Å²) in [6.45, 7) is 3.94. The standard InChI is InChI=1S/C19H22BrI2N4O3/c1-2-9-29-12-18(28)24-8-7-23-17-10-15(13-5-3-4-6-16(13)27)21-22-19-14(20)11-25-26(17)19/h3-6,10-11,23,27H,2,7-9,12H2,1H3,(H,24,28)/q-1/p+1. The number of ether oxygens (including phenoxy) is 1. The van der Waals surface area contributed by atoms with E-state index in [1.54, 1.807) is 6.07 Å². The number of hydrogen-bond donors (Lipinski definition) is 3. The topological polar surface area (TPSA) is 93.0 Å². The maximum absolute atomic E-state index is 11.8. The number of amides is 1. The first kappa shape index (κ1) is 22.8. The molecule has 4 N–H and O–H groups in total. The van der Waals surface area contributed by atoms with Gasteiger partial charge in [-0.2, -0.15) is 0 Å². The van der Waals surface area contributed by atoms with E-state index in [-0.39, 0.29) is 46.5 Å². The van der Waals surface area contributed by atoms with Crippen molar-refractivity contribution in [1.29, 1.82) is 0 Å². The number of fused-ring (bicyclic) bond motifs is 1. The first-order chi connectivity index (χ1) is 14.1. The zero-order valence-corrected chi connectivity index (χ0v) is 21.8. The number of aromatic nitrogens is 2. The number of rotatable bonds is 9. The van der Waals surface area contributed by atoms with Crippen LogP contribution in [-0.4, -0.2) is 50.6 Å². The Hall–Kier alpha value is -0.830.